The van der Waals surface area contributed by atoms with Crippen LogP contribution in [0, 0.1) is 0 Å². The van der Waals surface area contributed by atoms with Crippen molar-refractivity contribution in [3.63, 3.8) is 0 Å². The molecule has 12 nitrogen and oxygen atoms in total. The Hall–Kier alpha value is -3.77. The smallest absolute Gasteiger partial charge is 0.262 e. The van der Waals surface area contributed by atoms with Gasteiger partial charge in [-0.25, -0.2) is 15.0 Å². The van der Waals surface area contributed by atoms with Gasteiger partial charge >= 0.3 is 0 Å². The number of methoxy groups -OCH3 is 1. The maximum Gasteiger partial charge on any atom is 0.262 e. The zero-order chi connectivity index (χ0) is 24.2. The van der Waals surface area contributed by atoms with Crippen LogP contribution < -0.4 is 26.1 Å². The van der Waals surface area contributed by atoms with Crippen LogP contribution in [0.25, 0.3) is 10.9 Å². The molecule has 1 amide bonds. The second-order valence-electron chi connectivity index (χ2n) is 7.97. The van der Waals surface area contributed by atoms with Crippen LogP contribution in [-0.2, 0) is 11.8 Å². The predicted molar refractivity (Wildman–Crippen MR) is 125 cm³/mol. The van der Waals surface area contributed by atoms with E-state index in [9.17, 15) is 9.59 Å². The lowest BCUT2D eigenvalue weighted by Gasteiger charge is -2.30. The highest BCUT2D eigenvalue weighted by atomic mass is 16.5. The van der Waals surface area contributed by atoms with Crippen LogP contribution in [0.5, 0.6) is 11.5 Å². The number of nitrogens with one attached hydrogen (secondary N) is 1. The lowest BCUT2D eigenvalue weighted by atomic mass is 10.2. The number of anilines is 2. The second-order valence-corrected chi connectivity index (χ2v) is 7.97. The Labute approximate surface area is 195 Å². The molecular weight excluding hydrogens is 442 g/mol. The van der Waals surface area contributed by atoms with Gasteiger partial charge in [-0.15, -0.1) is 0 Å². The van der Waals surface area contributed by atoms with Crippen molar-refractivity contribution in [1.82, 2.24) is 24.4 Å². The molecule has 0 bridgehead atoms. The van der Waals surface area contributed by atoms with Gasteiger partial charge in [0, 0.05) is 39.0 Å². The Morgan fingerprint density at radius 2 is 2.06 bits per heavy atom. The number of carbonyl (C=O) groups excluding carboxylic acids is 1. The van der Waals surface area contributed by atoms with Gasteiger partial charge in [-0.1, -0.05) is 0 Å². The van der Waals surface area contributed by atoms with Crippen LogP contribution in [0.2, 0.25) is 0 Å². The van der Waals surface area contributed by atoms with Gasteiger partial charge in [-0.3, -0.25) is 19.5 Å². The molecular formula is C22H27N7O5. The van der Waals surface area contributed by atoms with E-state index < -0.39 is 5.91 Å². The van der Waals surface area contributed by atoms with E-state index >= 15 is 0 Å². The van der Waals surface area contributed by atoms with Crippen molar-refractivity contribution >= 4 is 28.7 Å². The van der Waals surface area contributed by atoms with E-state index in [0.717, 1.165) is 13.1 Å². The van der Waals surface area contributed by atoms with Crippen molar-refractivity contribution in [2.45, 2.75) is 12.5 Å². The van der Waals surface area contributed by atoms with Crippen LogP contribution >= 0.6 is 0 Å². The Morgan fingerprint density at radius 1 is 1.29 bits per heavy atom. The monoisotopic (exact) mass is 469 g/mol. The molecule has 0 saturated carbocycles. The highest BCUT2D eigenvalue weighted by Gasteiger charge is 2.20. The topological polar surface area (TPSA) is 147 Å². The largest absolute Gasteiger partial charge is 0.491 e. The molecule has 0 unspecified atom stereocenters. The van der Waals surface area contributed by atoms with E-state index in [-0.39, 0.29) is 34.6 Å². The van der Waals surface area contributed by atoms with Crippen molar-refractivity contribution in [3.8, 4) is 11.5 Å². The first-order valence-electron chi connectivity index (χ1n) is 10.8. The van der Waals surface area contributed by atoms with Crippen molar-refractivity contribution in [1.29, 1.82) is 0 Å². The number of carbonyl (C=O) groups is 1. The molecule has 0 radical (unpaired) electrons. The number of nitrogens with zero attached hydrogens (tertiary/aromatic N) is 5. The summed E-state index contributed by atoms with van der Waals surface area (Å²) in [6.07, 6.45) is 3.38. The molecule has 3 N–H and O–H groups in total. The number of aromatic nitrogens is 4. The summed E-state index contributed by atoms with van der Waals surface area (Å²) in [6, 6.07) is 3.31. The van der Waals surface area contributed by atoms with Gasteiger partial charge in [0.1, 0.15) is 5.52 Å². The van der Waals surface area contributed by atoms with E-state index in [4.69, 9.17) is 19.9 Å². The normalized spacial score (nSPS) is 16.4. The van der Waals surface area contributed by atoms with Crippen LogP contribution in [0.3, 0.4) is 0 Å². The predicted octanol–water partition coefficient (Wildman–Crippen LogP) is 0.666. The summed E-state index contributed by atoms with van der Waals surface area (Å²) in [5.41, 5.74) is 5.57. The number of rotatable bonds is 7. The maximum atomic E-state index is 13.0. The Balaban J connectivity index is 1.59. The highest BCUT2D eigenvalue weighted by Crippen LogP contribution is 2.34. The van der Waals surface area contributed by atoms with E-state index in [2.05, 4.69) is 32.2 Å². The van der Waals surface area contributed by atoms with Gasteiger partial charge in [0.05, 0.1) is 37.4 Å². The molecule has 1 aromatic carbocycles. The summed E-state index contributed by atoms with van der Waals surface area (Å²) in [6.45, 7) is 2.87. The molecule has 1 aliphatic rings. The summed E-state index contributed by atoms with van der Waals surface area (Å²) < 4.78 is 18.5. The molecule has 2 aromatic heterocycles. The van der Waals surface area contributed by atoms with Gasteiger partial charge < -0.3 is 24.8 Å². The molecule has 0 aliphatic carbocycles. The number of nitrogens with two attached hydrogens (primary N) is 1. The average Bonchev–Trinajstić information content (AvgIpc) is 2.82. The molecule has 1 aliphatic heterocycles. The van der Waals surface area contributed by atoms with Crippen LogP contribution in [0.15, 0.2) is 29.3 Å². The molecule has 34 heavy (non-hydrogen) atoms. The van der Waals surface area contributed by atoms with Crippen LogP contribution in [-0.4, -0.2) is 76.9 Å². The number of morpholine rings is 1. The summed E-state index contributed by atoms with van der Waals surface area (Å²) in [5.74, 6) is 0.304. The average molecular weight is 470 g/mol. The zero-order valence-electron chi connectivity index (χ0n) is 19.3. The first-order valence-corrected chi connectivity index (χ1v) is 10.8. The van der Waals surface area contributed by atoms with E-state index in [0.29, 0.717) is 36.5 Å². The number of benzene rings is 1. The number of hydrogen-bond acceptors (Lipinski definition) is 10. The number of hydrogen-bond donors (Lipinski definition) is 2. The fourth-order valence-corrected chi connectivity index (χ4v) is 3.69. The lowest BCUT2D eigenvalue weighted by Crippen LogP contribution is -2.40. The molecule has 3 heterocycles. The molecule has 1 saturated heterocycles. The fraction of sp³-hybridized carbons (Fsp3) is 0.409. The first kappa shape index (κ1) is 23.4. The molecule has 0 spiro atoms. The minimum Gasteiger partial charge on any atom is -0.491 e. The Morgan fingerprint density at radius 3 is 2.76 bits per heavy atom. The van der Waals surface area contributed by atoms with Gasteiger partial charge in [-0.05, 0) is 19.2 Å². The van der Waals surface area contributed by atoms with Crippen molar-refractivity contribution in [2.75, 3.05) is 51.5 Å². The summed E-state index contributed by atoms with van der Waals surface area (Å²) in [4.78, 5) is 39.9. The number of ether oxygens (including phenoxy) is 3. The summed E-state index contributed by atoms with van der Waals surface area (Å²) in [5, 5.41) is 2.95. The van der Waals surface area contributed by atoms with Gasteiger partial charge in [-0.2, -0.15) is 0 Å². The number of nitrogen functional groups attached to an aromatic ring is 1. The SMILES string of the molecule is COc1c(OCC[C@H]2CN(C)CCO2)ccc2c(=O)n(C)c(NC(=O)c3cnc(N)nc3)nc12. The summed E-state index contributed by atoms with van der Waals surface area (Å²) >= 11 is 0. The van der Waals surface area contributed by atoms with Crippen molar-refractivity contribution in [2.24, 2.45) is 7.05 Å². The van der Waals surface area contributed by atoms with Gasteiger partial charge in [0.25, 0.3) is 11.5 Å². The molecule has 12 heteroatoms. The zero-order valence-corrected chi connectivity index (χ0v) is 19.3. The van der Waals surface area contributed by atoms with E-state index in [1.807, 2.05) is 0 Å². The quantitative estimate of drug-likeness (QED) is 0.506. The fourth-order valence-electron chi connectivity index (χ4n) is 3.69. The minimum atomic E-state index is -0.536. The minimum absolute atomic E-state index is 0.0356. The third-order valence-corrected chi connectivity index (χ3v) is 5.57. The lowest BCUT2D eigenvalue weighted by molar-refractivity contribution is -0.0284. The standard InChI is InChI=1S/C22H27N7O5/c1-28-7-9-33-14(12-28)6-8-34-16-5-4-15-17(18(16)32-3)26-22(29(2)20(15)31)27-19(30)13-10-24-21(23)25-11-13/h4-5,10-11,14H,6-9,12H2,1-3H3,(H2,23,24,25)(H,26,27,30)/t14-/m0/s1. The second kappa shape index (κ2) is 10.0. The number of amides is 1. The number of likely N-dealkylation sites (N-methyl/N-ethyl adjacent to an activating group) is 1. The molecule has 3 aromatic rings. The van der Waals surface area contributed by atoms with Crippen LogP contribution in [0.4, 0.5) is 11.9 Å². The van der Waals surface area contributed by atoms with Crippen molar-refractivity contribution in [3.05, 3.63) is 40.4 Å². The highest BCUT2D eigenvalue weighted by molar-refractivity contribution is 6.03. The van der Waals surface area contributed by atoms with E-state index in [1.165, 1.54) is 31.1 Å². The Bertz CT molecular complexity index is 1250. The first-order chi connectivity index (χ1) is 16.4. The number of fused-ring (bicyclic) bond motifs is 1. The van der Waals surface area contributed by atoms with Gasteiger partial charge in [0.2, 0.25) is 11.9 Å². The Kier molecular flexibility index (Phi) is 6.89. The third kappa shape index (κ3) is 4.92. The van der Waals surface area contributed by atoms with Gasteiger partial charge in [0.15, 0.2) is 11.5 Å². The summed E-state index contributed by atoms with van der Waals surface area (Å²) in [7, 11) is 5.05. The maximum absolute atomic E-state index is 13.0. The molecule has 1 fully saturated rings. The molecule has 4 rings (SSSR count). The molecule has 180 valence electrons. The van der Waals surface area contributed by atoms with Crippen molar-refractivity contribution < 1.29 is 19.0 Å². The molecule has 1 atom stereocenters. The third-order valence-electron chi connectivity index (χ3n) is 5.57. The van der Waals surface area contributed by atoms with Crippen LogP contribution in [0.1, 0.15) is 16.8 Å². The van der Waals surface area contributed by atoms with E-state index in [1.54, 1.807) is 12.1 Å².